The van der Waals surface area contributed by atoms with Gasteiger partial charge in [0.2, 0.25) is 0 Å². The molecule has 19 heavy (non-hydrogen) atoms. The molecule has 3 aliphatic rings. The molecule has 3 fully saturated rings. The van der Waals surface area contributed by atoms with Crippen LogP contribution >= 0.6 is 11.8 Å². The van der Waals surface area contributed by atoms with Gasteiger partial charge in [0.15, 0.2) is 0 Å². The predicted molar refractivity (Wildman–Crippen MR) is 79.8 cm³/mol. The molecular formula is C15H27NO2S. The maximum absolute atomic E-state index is 6.15. The van der Waals surface area contributed by atoms with Crippen LogP contribution in [0.4, 0.5) is 0 Å². The molecule has 0 bridgehead atoms. The van der Waals surface area contributed by atoms with E-state index in [2.05, 4.69) is 24.1 Å². The third-order valence-electron chi connectivity index (χ3n) is 5.05. The van der Waals surface area contributed by atoms with Gasteiger partial charge < -0.3 is 14.8 Å². The SMILES string of the molecule is CNC(C1CCOC2(CCSC2)C1)C1CCCCO1. The maximum atomic E-state index is 6.15. The van der Waals surface area contributed by atoms with Gasteiger partial charge in [0.05, 0.1) is 11.7 Å². The number of ether oxygens (including phenoxy) is 2. The zero-order valence-electron chi connectivity index (χ0n) is 12.0. The lowest BCUT2D eigenvalue weighted by molar-refractivity contribution is -0.101. The summed E-state index contributed by atoms with van der Waals surface area (Å²) in [5, 5.41) is 3.56. The Morgan fingerprint density at radius 1 is 1.26 bits per heavy atom. The molecule has 0 aromatic heterocycles. The number of nitrogens with one attached hydrogen (secondary N) is 1. The first-order valence-corrected chi connectivity index (χ1v) is 8.99. The Hall–Kier alpha value is 0.230. The topological polar surface area (TPSA) is 30.5 Å². The molecule has 0 aliphatic carbocycles. The van der Waals surface area contributed by atoms with E-state index in [1.165, 1.54) is 50.0 Å². The monoisotopic (exact) mass is 285 g/mol. The third kappa shape index (κ3) is 3.12. The van der Waals surface area contributed by atoms with Gasteiger partial charge in [0.25, 0.3) is 0 Å². The fourth-order valence-corrected chi connectivity index (χ4v) is 5.39. The van der Waals surface area contributed by atoms with Gasteiger partial charge in [-0.2, -0.15) is 11.8 Å². The average molecular weight is 285 g/mol. The van der Waals surface area contributed by atoms with E-state index in [-0.39, 0.29) is 5.60 Å². The highest BCUT2D eigenvalue weighted by Gasteiger charge is 2.43. The lowest BCUT2D eigenvalue weighted by Crippen LogP contribution is -2.52. The Balaban J connectivity index is 1.64. The quantitative estimate of drug-likeness (QED) is 0.863. The van der Waals surface area contributed by atoms with E-state index in [1.807, 2.05) is 0 Å². The molecule has 0 radical (unpaired) electrons. The summed E-state index contributed by atoms with van der Waals surface area (Å²) in [6, 6.07) is 0.520. The molecule has 3 saturated heterocycles. The second kappa shape index (κ2) is 6.33. The largest absolute Gasteiger partial charge is 0.377 e. The number of thioether (sulfide) groups is 1. The van der Waals surface area contributed by atoms with Crippen molar-refractivity contribution >= 4 is 11.8 Å². The standard InChI is InChI=1S/C15H27NO2S/c1-16-14(13-4-2-3-7-17-13)12-5-8-18-15(10-12)6-9-19-11-15/h12-14,16H,2-11H2,1H3. The molecule has 0 aromatic carbocycles. The van der Waals surface area contributed by atoms with Crippen molar-refractivity contribution in [3.05, 3.63) is 0 Å². The van der Waals surface area contributed by atoms with E-state index in [4.69, 9.17) is 9.47 Å². The third-order valence-corrected chi connectivity index (χ3v) is 6.28. The van der Waals surface area contributed by atoms with E-state index >= 15 is 0 Å². The van der Waals surface area contributed by atoms with E-state index in [9.17, 15) is 0 Å². The molecule has 4 heteroatoms. The van der Waals surface area contributed by atoms with Crippen LogP contribution in [0.15, 0.2) is 0 Å². The molecule has 1 N–H and O–H groups in total. The van der Waals surface area contributed by atoms with Crippen molar-refractivity contribution in [2.75, 3.05) is 31.8 Å². The van der Waals surface area contributed by atoms with Crippen LogP contribution in [0.25, 0.3) is 0 Å². The highest BCUT2D eigenvalue weighted by Crippen LogP contribution is 2.42. The fourth-order valence-electron chi connectivity index (χ4n) is 4.01. The first kappa shape index (κ1) is 14.2. The molecule has 4 atom stereocenters. The van der Waals surface area contributed by atoms with Crippen molar-refractivity contribution < 1.29 is 9.47 Å². The van der Waals surface area contributed by atoms with E-state index in [0.717, 1.165) is 19.1 Å². The van der Waals surface area contributed by atoms with Crippen LogP contribution < -0.4 is 5.32 Å². The van der Waals surface area contributed by atoms with Crippen LogP contribution in [0.3, 0.4) is 0 Å². The molecule has 4 unspecified atom stereocenters. The molecule has 0 amide bonds. The molecule has 0 saturated carbocycles. The van der Waals surface area contributed by atoms with Gasteiger partial charge in [0.1, 0.15) is 0 Å². The average Bonchev–Trinajstić information content (AvgIpc) is 2.89. The summed E-state index contributed by atoms with van der Waals surface area (Å²) < 4.78 is 12.2. The molecule has 3 nitrogen and oxygen atoms in total. The smallest absolute Gasteiger partial charge is 0.0783 e. The van der Waals surface area contributed by atoms with Gasteiger partial charge in [-0.05, 0) is 57.2 Å². The first-order chi connectivity index (χ1) is 9.33. The van der Waals surface area contributed by atoms with Crippen LogP contribution in [0.2, 0.25) is 0 Å². The predicted octanol–water partition coefficient (Wildman–Crippen LogP) is 2.45. The number of hydrogen-bond donors (Lipinski definition) is 1. The second-order valence-corrected chi connectivity index (χ2v) is 7.41. The van der Waals surface area contributed by atoms with Gasteiger partial charge in [-0.3, -0.25) is 0 Å². The Kier molecular flexibility index (Phi) is 4.73. The lowest BCUT2D eigenvalue weighted by atomic mass is 9.78. The van der Waals surface area contributed by atoms with E-state index in [0.29, 0.717) is 12.1 Å². The summed E-state index contributed by atoms with van der Waals surface area (Å²) in [6.45, 7) is 1.89. The normalized spacial score (nSPS) is 41.5. The van der Waals surface area contributed by atoms with Gasteiger partial charge in [-0.1, -0.05) is 0 Å². The summed E-state index contributed by atoms with van der Waals surface area (Å²) in [4.78, 5) is 0. The summed E-state index contributed by atoms with van der Waals surface area (Å²) in [6.07, 6.45) is 7.88. The van der Waals surface area contributed by atoms with Gasteiger partial charge in [0, 0.05) is 25.0 Å². The van der Waals surface area contributed by atoms with Crippen LogP contribution in [-0.2, 0) is 9.47 Å². The molecular weight excluding hydrogens is 258 g/mol. The molecule has 3 rings (SSSR count). The summed E-state index contributed by atoms with van der Waals surface area (Å²) in [5.41, 5.74) is 0.192. The van der Waals surface area contributed by atoms with Crippen molar-refractivity contribution in [2.24, 2.45) is 5.92 Å². The van der Waals surface area contributed by atoms with Crippen molar-refractivity contribution in [3.63, 3.8) is 0 Å². The fraction of sp³-hybridized carbons (Fsp3) is 1.00. The molecule has 3 aliphatic heterocycles. The molecule has 0 aromatic rings. The zero-order valence-corrected chi connectivity index (χ0v) is 12.8. The number of rotatable bonds is 3. The van der Waals surface area contributed by atoms with Gasteiger partial charge >= 0.3 is 0 Å². The van der Waals surface area contributed by atoms with Crippen molar-refractivity contribution in [1.82, 2.24) is 5.32 Å². The maximum Gasteiger partial charge on any atom is 0.0783 e. The number of likely N-dealkylation sites (N-methyl/N-ethyl adjacent to an activating group) is 1. The Labute approximate surface area is 121 Å². The van der Waals surface area contributed by atoms with Crippen LogP contribution in [0.5, 0.6) is 0 Å². The van der Waals surface area contributed by atoms with Crippen LogP contribution in [0.1, 0.15) is 38.5 Å². The van der Waals surface area contributed by atoms with Crippen LogP contribution in [-0.4, -0.2) is 49.5 Å². The number of hydrogen-bond acceptors (Lipinski definition) is 4. The van der Waals surface area contributed by atoms with Crippen molar-refractivity contribution in [3.8, 4) is 0 Å². The zero-order chi connectivity index (χ0) is 13.1. The Bertz CT molecular complexity index is 288. The highest BCUT2D eigenvalue weighted by atomic mass is 32.2. The lowest BCUT2D eigenvalue weighted by Gasteiger charge is -2.43. The minimum absolute atomic E-state index is 0.192. The Morgan fingerprint density at radius 3 is 2.89 bits per heavy atom. The van der Waals surface area contributed by atoms with Gasteiger partial charge in [-0.25, -0.2) is 0 Å². The molecule has 110 valence electrons. The summed E-state index contributed by atoms with van der Waals surface area (Å²) in [5.74, 6) is 3.20. The summed E-state index contributed by atoms with van der Waals surface area (Å²) >= 11 is 2.06. The molecule has 1 spiro atoms. The first-order valence-electron chi connectivity index (χ1n) is 7.84. The van der Waals surface area contributed by atoms with Crippen molar-refractivity contribution in [2.45, 2.75) is 56.3 Å². The minimum Gasteiger partial charge on any atom is -0.377 e. The minimum atomic E-state index is 0.192. The summed E-state index contributed by atoms with van der Waals surface area (Å²) in [7, 11) is 2.11. The van der Waals surface area contributed by atoms with E-state index in [1.54, 1.807) is 0 Å². The molecule has 3 heterocycles. The van der Waals surface area contributed by atoms with Crippen LogP contribution in [0, 0.1) is 5.92 Å². The van der Waals surface area contributed by atoms with Gasteiger partial charge in [-0.15, -0.1) is 0 Å². The highest BCUT2D eigenvalue weighted by molar-refractivity contribution is 7.99. The second-order valence-electron chi connectivity index (χ2n) is 6.31. The van der Waals surface area contributed by atoms with Crippen molar-refractivity contribution in [1.29, 1.82) is 0 Å². The van der Waals surface area contributed by atoms with E-state index < -0.39 is 0 Å². The Morgan fingerprint density at radius 2 is 2.21 bits per heavy atom.